The highest BCUT2D eigenvalue weighted by molar-refractivity contribution is 5.87. The fourth-order valence-corrected chi connectivity index (χ4v) is 2.88. The van der Waals surface area contributed by atoms with Gasteiger partial charge in [0.1, 0.15) is 11.4 Å². The number of rotatable bonds is 4. The molecule has 24 heavy (non-hydrogen) atoms. The molecule has 2 atom stereocenters. The van der Waals surface area contributed by atoms with Crippen LogP contribution in [0.4, 0.5) is 10.6 Å². The molecule has 5 heteroatoms. The molecule has 0 aromatic carbocycles. The van der Waals surface area contributed by atoms with E-state index in [1.807, 2.05) is 40.0 Å². The Balaban J connectivity index is 2.18. The first-order chi connectivity index (χ1) is 11.3. The van der Waals surface area contributed by atoms with Crippen LogP contribution in [0, 0.1) is 0 Å². The molecule has 0 unspecified atom stereocenters. The second kappa shape index (κ2) is 7.97. The molecule has 0 aliphatic carbocycles. The van der Waals surface area contributed by atoms with E-state index in [1.54, 1.807) is 4.90 Å². The molecule has 1 N–H and O–H groups in total. The number of piperidine rings is 1. The van der Waals surface area contributed by atoms with Crippen molar-refractivity contribution < 1.29 is 9.53 Å². The first-order valence-corrected chi connectivity index (χ1v) is 9.03. The van der Waals surface area contributed by atoms with Gasteiger partial charge in [-0.25, -0.2) is 9.78 Å². The van der Waals surface area contributed by atoms with Crippen molar-refractivity contribution in [2.24, 2.45) is 0 Å². The van der Waals surface area contributed by atoms with Crippen molar-refractivity contribution in [3.05, 3.63) is 23.9 Å². The maximum absolute atomic E-state index is 12.6. The Kier molecular flexibility index (Phi) is 6.21. The second-order valence-electron chi connectivity index (χ2n) is 7.56. The third-order valence-corrected chi connectivity index (χ3v) is 4.35. The maximum atomic E-state index is 12.6. The van der Waals surface area contributed by atoms with Crippen LogP contribution in [0.5, 0.6) is 0 Å². The van der Waals surface area contributed by atoms with Crippen molar-refractivity contribution in [3.63, 3.8) is 0 Å². The lowest BCUT2D eigenvalue weighted by molar-refractivity contribution is 0.0566. The van der Waals surface area contributed by atoms with Crippen LogP contribution >= 0.6 is 0 Å². The minimum atomic E-state index is -0.519. The molecule has 1 amide bonds. The lowest BCUT2D eigenvalue weighted by atomic mass is 9.99. The number of amides is 1. The number of hydrogen-bond donors (Lipinski definition) is 1. The van der Waals surface area contributed by atoms with Gasteiger partial charge in [0.2, 0.25) is 0 Å². The lowest BCUT2D eigenvalue weighted by Gasteiger charge is -2.31. The summed E-state index contributed by atoms with van der Waals surface area (Å²) in [6.45, 7) is 10.8. The Hall–Kier alpha value is -1.62. The maximum Gasteiger partial charge on any atom is 0.416 e. The molecule has 1 saturated heterocycles. The first-order valence-electron chi connectivity index (χ1n) is 9.03. The van der Waals surface area contributed by atoms with Crippen molar-refractivity contribution in [1.29, 1.82) is 0 Å². The normalized spacial score (nSPS) is 19.6. The van der Waals surface area contributed by atoms with E-state index in [9.17, 15) is 4.79 Å². The molecule has 1 fully saturated rings. The zero-order valence-electron chi connectivity index (χ0n) is 15.6. The fourth-order valence-electron chi connectivity index (χ4n) is 2.88. The Morgan fingerprint density at radius 3 is 2.67 bits per heavy atom. The predicted octanol–water partition coefficient (Wildman–Crippen LogP) is 4.44. The molecule has 2 heterocycles. The number of hydrogen-bond acceptors (Lipinski definition) is 4. The summed E-state index contributed by atoms with van der Waals surface area (Å²) >= 11 is 0. The van der Waals surface area contributed by atoms with Crippen molar-refractivity contribution in [3.8, 4) is 0 Å². The highest BCUT2D eigenvalue weighted by Crippen LogP contribution is 2.25. The Morgan fingerprint density at radius 2 is 2.17 bits per heavy atom. The smallest absolute Gasteiger partial charge is 0.416 e. The van der Waals surface area contributed by atoms with Crippen molar-refractivity contribution in [2.45, 2.75) is 78.0 Å². The number of aromatic nitrogens is 1. The summed E-state index contributed by atoms with van der Waals surface area (Å²) in [6.07, 6.45) is 6.01. The average Bonchev–Trinajstić information content (AvgIpc) is 2.54. The Morgan fingerprint density at radius 1 is 1.42 bits per heavy atom. The minimum Gasteiger partial charge on any atom is -0.443 e. The molecule has 134 valence electrons. The van der Waals surface area contributed by atoms with Crippen LogP contribution in [-0.2, 0) is 4.74 Å². The average molecular weight is 333 g/mol. The number of anilines is 1. The molecule has 0 bridgehead atoms. The van der Waals surface area contributed by atoms with Crippen LogP contribution in [0.3, 0.4) is 0 Å². The van der Waals surface area contributed by atoms with E-state index < -0.39 is 5.60 Å². The van der Waals surface area contributed by atoms with E-state index in [2.05, 4.69) is 23.3 Å². The quantitative estimate of drug-likeness (QED) is 0.885. The summed E-state index contributed by atoms with van der Waals surface area (Å²) in [5, 5.41) is 3.53. The highest BCUT2D eigenvalue weighted by Gasteiger charge is 2.27. The monoisotopic (exact) mass is 333 g/mol. The summed E-state index contributed by atoms with van der Waals surface area (Å²) in [7, 11) is 0. The van der Waals surface area contributed by atoms with Crippen LogP contribution in [0.1, 0.15) is 71.9 Å². The van der Waals surface area contributed by atoms with E-state index in [-0.39, 0.29) is 12.1 Å². The minimum absolute atomic E-state index is 0.0333. The molecule has 0 spiro atoms. The molecule has 1 aromatic rings. The van der Waals surface area contributed by atoms with Crippen LogP contribution in [-0.4, -0.2) is 29.3 Å². The van der Waals surface area contributed by atoms with E-state index in [0.29, 0.717) is 11.9 Å². The van der Waals surface area contributed by atoms with Crippen molar-refractivity contribution >= 4 is 11.9 Å². The van der Waals surface area contributed by atoms with Gasteiger partial charge in [-0.1, -0.05) is 19.4 Å². The second-order valence-corrected chi connectivity index (χ2v) is 7.56. The summed E-state index contributed by atoms with van der Waals surface area (Å²) in [6, 6.07) is 4.41. The summed E-state index contributed by atoms with van der Waals surface area (Å²) < 4.78 is 5.56. The molecule has 5 nitrogen and oxygen atoms in total. The van der Waals surface area contributed by atoms with Gasteiger partial charge < -0.3 is 10.1 Å². The zero-order chi connectivity index (χ0) is 17.7. The molecule has 1 aromatic heterocycles. The summed E-state index contributed by atoms with van der Waals surface area (Å²) in [4.78, 5) is 18.8. The Bertz CT molecular complexity index is 531. The molecular weight excluding hydrogens is 302 g/mol. The number of nitrogens with one attached hydrogen (secondary N) is 1. The molecule has 2 rings (SSSR count). The van der Waals surface area contributed by atoms with Gasteiger partial charge in [-0.05, 0) is 65.1 Å². The van der Waals surface area contributed by atoms with Gasteiger partial charge in [-0.15, -0.1) is 0 Å². The Labute approximate surface area is 145 Å². The number of ether oxygens (including phenoxy) is 1. The standard InChI is InChI=1S/C19H31N3O2/c1-6-14(2)22(18(23)24-19(3,4)5)17-11-10-15(13-21-17)16-9-7-8-12-20-16/h10-11,13-14,16,20H,6-9,12H2,1-5H3/t14-,16-/m1/s1. The van der Waals surface area contributed by atoms with Crippen LogP contribution < -0.4 is 10.2 Å². The number of pyridine rings is 1. The SMILES string of the molecule is CC[C@@H](C)N(C(=O)OC(C)(C)C)c1ccc([C@H]2CCCCN2)cn1. The van der Waals surface area contributed by atoms with Crippen molar-refractivity contribution in [2.75, 3.05) is 11.4 Å². The topological polar surface area (TPSA) is 54.5 Å². The predicted molar refractivity (Wildman–Crippen MR) is 97.3 cm³/mol. The number of nitrogens with zero attached hydrogens (tertiary/aromatic N) is 2. The van der Waals surface area contributed by atoms with Gasteiger partial charge in [0.05, 0.1) is 0 Å². The zero-order valence-corrected chi connectivity index (χ0v) is 15.6. The van der Waals surface area contributed by atoms with Gasteiger partial charge >= 0.3 is 6.09 Å². The van der Waals surface area contributed by atoms with Crippen LogP contribution in [0.2, 0.25) is 0 Å². The molecule has 0 saturated carbocycles. The molecule has 1 aliphatic heterocycles. The van der Waals surface area contributed by atoms with Gasteiger partial charge in [0.15, 0.2) is 0 Å². The van der Waals surface area contributed by atoms with Crippen LogP contribution in [0.15, 0.2) is 18.3 Å². The third-order valence-electron chi connectivity index (χ3n) is 4.35. The van der Waals surface area contributed by atoms with E-state index in [1.165, 1.54) is 18.4 Å². The van der Waals surface area contributed by atoms with Crippen molar-refractivity contribution in [1.82, 2.24) is 10.3 Å². The van der Waals surface area contributed by atoms with E-state index >= 15 is 0 Å². The number of carbonyl (C=O) groups excluding carboxylic acids is 1. The first kappa shape index (κ1) is 18.7. The molecule has 1 aliphatic rings. The number of carbonyl (C=O) groups is 1. The van der Waals surface area contributed by atoms with Gasteiger partial charge in [-0.2, -0.15) is 0 Å². The fraction of sp³-hybridized carbons (Fsp3) is 0.684. The van der Waals surface area contributed by atoms with Crippen LogP contribution in [0.25, 0.3) is 0 Å². The molecule has 0 radical (unpaired) electrons. The summed E-state index contributed by atoms with van der Waals surface area (Å²) in [5.74, 6) is 0.651. The highest BCUT2D eigenvalue weighted by atomic mass is 16.6. The van der Waals surface area contributed by atoms with Gasteiger partial charge in [0, 0.05) is 18.3 Å². The van der Waals surface area contributed by atoms with Gasteiger partial charge in [-0.3, -0.25) is 4.90 Å². The largest absolute Gasteiger partial charge is 0.443 e. The third kappa shape index (κ3) is 4.94. The van der Waals surface area contributed by atoms with Gasteiger partial charge in [0.25, 0.3) is 0 Å². The van der Waals surface area contributed by atoms with E-state index in [4.69, 9.17) is 4.74 Å². The summed E-state index contributed by atoms with van der Waals surface area (Å²) in [5.41, 5.74) is 0.668. The lowest BCUT2D eigenvalue weighted by Crippen LogP contribution is -2.42. The molecular formula is C19H31N3O2. The van der Waals surface area contributed by atoms with E-state index in [0.717, 1.165) is 19.4 Å².